The van der Waals surface area contributed by atoms with Crippen molar-refractivity contribution in [3.05, 3.63) is 39.7 Å². The molecule has 2 N–H and O–H groups in total. The quantitative estimate of drug-likeness (QED) is 0.568. The minimum Gasteiger partial charge on any atom is -0.480 e. The summed E-state index contributed by atoms with van der Waals surface area (Å²) >= 11 is 1.51. The van der Waals surface area contributed by atoms with Gasteiger partial charge in [0.15, 0.2) is 6.10 Å². The average Bonchev–Trinajstić information content (AvgIpc) is 2.67. The van der Waals surface area contributed by atoms with Crippen LogP contribution in [0.5, 0.6) is 5.75 Å². The third-order valence-electron chi connectivity index (χ3n) is 4.61. The zero-order valence-corrected chi connectivity index (χ0v) is 17.9. The fraction of sp³-hybridized carbons (Fsp3) is 0.476. The Morgan fingerprint density at radius 3 is 2.69 bits per heavy atom. The van der Waals surface area contributed by atoms with Gasteiger partial charge in [-0.1, -0.05) is 13.3 Å². The minimum absolute atomic E-state index is 0.329. The summed E-state index contributed by atoms with van der Waals surface area (Å²) in [5.74, 6) is -0.561. The maximum Gasteiger partial charge on any atom is 0.336 e. The summed E-state index contributed by atoms with van der Waals surface area (Å²) in [6.07, 6.45) is 2.95. The predicted octanol–water partition coefficient (Wildman–Crippen LogP) is 3.14. The van der Waals surface area contributed by atoms with Gasteiger partial charge < -0.3 is 19.6 Å². The number of amides is 1. The number of rotatable bonds is 10. The molecule has 2 aromatic rings. The van der Waals surface area contributed by atoms with E-state index in [-0.39, 0.29) is 0 Å². The number of fused-ring (bicyclic) bond motifs is 1. The Labute approximate surface area is 173 Å². The number of hydrogen-bond acceptors (Lipinski definition) is 6. The highest BCUT2D eigenvalue weighted by Gasteiger charge is 2.24. The second-order valence-corrected chi connectivity index (χ2v) is 7.83. The van der Waals surface area contributed by atoms with Crippen molar-refractivity contribution in [1.29, 1.82) is 0 Å². The molecule has 0 fully saturated rings. The highest BCUT2D eigenvalue weighted by atomic mass is 32.2. The molecular weight excluding hydrogens is 394 g/mol. The molecule has 0 radical (unpaired) electrons. The molecular formula is C21H27NO6S. The van der Waals surface area contributed by atoms with E-state index in [9.17, 15) is 19.5 Å². The molecule has 2 atom stereocenters. The highest BCUT2D eigenvalue weighted by Crippen LogP contribution is 2.29. The zero-order valence-electron chi connectivity index (χ0n) is 17.1. The second kappa shape index (κ2) is 10.3. The van der Waals surface area contributed by atoms with Crippen LogP contribution < -0.4 is 15.7 Å². The maximum atomic E-state index is 12.4. The van der Waals surface area contributed by atoms with Crippen molar-refractivity contribution in [1.82, 2.24) is 5.32 Å². The van der Waals surface area contributed by atoms with E-state index in [1.807, 2.05) is 19.2 Å². The lowest BCUT2D eigenvalue weighted by atomic mass is 10.0. The van der Waals surface area contributed by atoms with Crippen LogP contribution in [0.25, 0.3) is 11.0 Å². The van der Waals surface area contributed by atoms with Crippen LogP contribution in [0.2, 0.25) is 0 Å². The Bertz CT molecular complexity index is 939. The third kappa shape index (κ3) is 5.76. The molecule has 0 aliphatic rings. The van der Waals surface area contributed by atoms with Crippen LogP contribution in [0.15, 0.2) is 27.4 Å². The van der Waals surface area contributed by atoms with Gasteiger partial charge in [-0.3, -0.25) is 4.79 Å². The fourth-order valence-corrected chi connectivity index (χ4v) is 3.51. The standard InChI is InChI=1S/C21H27NO6S/c1-5-6-14-11-18(23)28-19-12(2)17(8-7-15(14)19)27-13(3)20(24)22-16(21(25)26)9-10-29-4/h7-8,11,13,16H,5-6,9-10H2,1-4H3,(H,22,24)(H,25,26). The predicted molar refractivity (Wildman–Crippen MR) is 114 cm³/mol. The topological polar surface area (TPSA) is 106 Å². The molecule has 29 heavy (non-hydrogen) atoms. The van der Waals surface area contributed by atoms with Crippen LogP contribution in [0.1, 0.15) is 37.8 Å². The van der Waals surface area contributed by atoms with E-state index >= 15 is 0 Å². The SMILES string of the molecule is CCCc1cc(=O)oc2c(C)c(OC(C)C(=O)NC(CCSC)C(=O)O)ccc12. The van der Waals surface area contributed by atoms with Gasteiger partial charge in [-0.15, -0.1) is 0 Å². The lowest BCUT2D eigenvalue weighted by Gasteiger charge is -2.20. The number of benzene rings is 1. The van der Waals surface area contributed by atoms with E-state index in [1.165, 1.54) is 17.8 Å². The van der Waals surface area contributed by atoms with Gasteiger partial charge in [0, 0.05) is 17.0 Å². The summed E-state index contributed by atoms with van der Waals surface area (Å²) < 4.78 is 11.2. The second-order valence-electron chi connectivity index (χ2n) is 6.85. The Balaban J connectivity index is 2.22. The van der Waals surface area contributed by atoms with E-state index in [0.717, 1.165) is 23.8 Å². The molecule has 0 bridgehead atoms. The molecule has 1 heterocycles. The first-order valence-corrected chi connectivity index (χ1v) is 10.9. The van der Waals surface area contributed by atoms with E-state index in [0.29, 0.717) is 29.1 Å². The molecule has 0 aliphatic heterocycles. The van der Waals surface area contributed by atoms with Gasteiger partial charge >= 0.3 is 11.6 Å². The van der Waals surface area contributed by atoms with E-state index in [1.54, 1.807) is 19.9 Å². The Kier molecular flexibility index (Phi) is 8.13. The van der Waals surface area contributed by atoms with Crippen molar-refractivity contribution < 1.29 is 23.8 Å². The lowest BCUT2D eigenvalue weighted by Crippen LogP contribution is -2.46. The third-order valence-corrected chi connectivity index (χ3v) is 5.26. The van der Waals surface area contributed by atoms with E-state index in [4.69, 9.17) is 9.15 Å². The number of ether oxygens (including phenoxy) is 1. The fourth-order valence-electron chi connectivity index (χ4n) is 3.04. The summed E-state index contributed by atoms with van der Waals surface area (Å²) in [6, 6.07) is 4.09. The van der Waals surface area contributed by atoms with Gasteiger partial charge in [0.05, 0.1) is 0 Å². The van der Waals surface area contributed by atoms with Gasteiger partial charge in [-0.2, -0.15) is 11.8 Å². The summed E-state index contributed by atoms with van der Waals surface area (Å²) in [6.45, 7) is 5.35. The normalized spacial score (nSPS) is 13.1. The zero-order chi connectivity index (χ0) is 21.6. The number of nitrogens with one attached hydrogen (secondary N) is 1. The Morgan fingerprint density at radius 2 is 2.07 bits per heavy atom. The molecule has 0 spiro atoms. The van der Waals surface area contributed by atoms with Crippen molar-refractivity contribution in [3.63, 3.8) is 0 Å². The van der Waals surface area contributed by atoms with Crippen LogP contribution in [0.3, 0.4) is 0 Å². The molecule has 158 valence electrons. The molecule has 8 heteroatoms. The summed E-state index contributed by atoms with van der Waals surface area (Å²) in [5.41, 5.74) is 1.55. The maximum absolute atomic E-state index is 12.4. The molecule has 1 aromatic heterocycles. The number of aryl methyl sites for hydroxylation is 2. The first kappa shape index (κ1) is 22.8. The van der Waals surface area contributed by atoms with Gasteiger partial charge in [-0.05, 0) is 56.4 Å². The number of aliphatic carboxylic acids is 1. The van der Waals surface area contributed by atoms with E-state index in [2.05, 4.69) is 5.32 Å². The number of carboxylic acids is 1. The van der Waals surface area contributed by atoms with Crippen molar-refractivity contribution in [2.45, 2.75) is 52.2 Å². The number of hydrogen-bond donors (Lipinski definition) is 2. The van der Waals surface area contributed by atoms with Crippen molar-refractivity contribution in [3.8, 4) is 5.75 Å². The lowest BCUT2D eigenvalue weighted by molar-refractivity contribution is -0.142. The minimum atomic E-state index is -1.08. The summed E-state index contributed by atoms with van der Waals surface area (Å²) in [4.78, 5) is 35.7. The van der Waals surface area contributed by atoms with E-state index < -0.39 is 29.6 Å². The van der Waals surface area contributed by atoms with Gasteiger partial charge in [0.25, 0.3) is 5.91 Å². The first-order chi connectivity index (χ1) is 13.8. The van der Waals surface area contributed by atoms with Gasteiger partial charge in [0.1, 0.15) is 17.4 Å². The summed E-state index contributed by atoms with van der Waals surface area (Å²) in [7, 11) is 0. The molecule has 7 nitrogen and oxygen atoms in total. The van der Waals surface area contributed by atoms with Crippen LogP contribution in [0, 0.1) is 6.92 Å². The largest absolute Gasteiger partial charge is 0.480 e. The number of thioether (sulfide) groups is 1. The summed E-state index contributed by atoms with van der Waals surface area (Å²) in [5, 5.41) is 12.6. The molecule has 2 unspecified atom stereocenters. The number of carbonyl (C=O) groups excluding carboxylic acids is 1. The van der Waals surface area contributed by atoms with Gasteiger partial charge in [0.2, 0.25) is 0 Å². The van der Waals surface area contributed by atoms with Crippen LogP contribution in [-0.4, -0.2) is 41.1 Å². The smallest absolute Gasteiger partial charge is 0.336 e. The highest BCUT2D eigenvalue weighted by molar-refractivity contribution is 7.98. The Hall–Kier alpha value is -2.48. The molecule has 1 amide bonds. The molecule has 2 rings (SSSR count). The van der Waals surface area contributed by atoms with Crippen LogP contribution in [0.4, 0.5) is 0 Å². The Morgan fingerprint density at radius 1 is 1.34 bits per heavy atom. The molecule has 0 aliphatic carbocycles. The average molecular weight is 422 g/mol. The van der Waals surface area contributed by atoms with Gasteiger partial charge in [-0.25, -0.2) is 9.59 Å². The number of carbonyl (C=O) groups is 2. The van der Waals surface area contributed by atoms with Crippen LogP contribution >= 0.6 is 11.8 Å². The van der Waals surface area contributed by atoms with Crippen LogP contribution in [-0.2, 0) is 16.0 Å². The monoisotopic (exact) mass is 421 g/mol. The number of carboxylic acid groups (broad SMARTS) is 1. The molecule has 0 saturated carbocycles. The molecule has 0 saturated heterocycles. The first-order valence-electron chi connectivity index (χ1n) is 9.53. The molecule has 1 aromatic carbocycles. The van der Waals surface area contributed by atoms with Crippen molar-refractivity contribution >= 4 is 34.6 Å². The van der Waals surface area contributed by atoms with Crippen molar-refractivity contribution in [2.75, 3.05) is 12.0 Å². The van der Waals surface area contributed by atoms with Crippen molar-refractivity contribution in [2.24, 2.45) is 0 Å².